The molecular formula is C24H34F2N2O2. The van der Waals surface area contributed by atoms with Crippen molar-refractivity contribution in [1.29, 1.82) is 0 Å². The maximum atomic E-state index is 13.9. The molecule has 1 aliphatic heterocycles. The van der Waals surface area contributed by atoms with Crippen molar-refractivity contribution in [2.45, 2.75) is 77.5 Å². The zero-order chi connectivity index (χ0) is 21.9. The Balaban J connectivity index is 1.62. The predicted molar refractivity (Wildman–Crippen MR) is 115 cm³/mol. The lowest BCUT2D eigenvalue weighted by Crippen LogP contribution is -2.48. The van der Waals surface area contributed by atoms with E-state index in [2.05, 4.69) is 5.32 Å². The summed E-state index contributed by atoms with van der Waals surface area (Å²) in [5, 5.41) is 3.42. The number of likely N-dealkylation sites (tertiary alicyclic amines) is 1. The molecule has 0 bridgehead atoms. The van der Waals surface area contributed by atoms with Gasteiger partial charge in [0.2, 0.25) is 0 Å². The maximum absolute atomic E-state index is 13.9. The summed E-state index contributed by atoms with van der Waals surface area (Å²) < 4.78 is 32.6. The van der Waals surface area contributed by atoms with Gasteiger partial charge in [0, 0.05) is 36.8 Å². The molecule has 1 aromatic carbocycles. The summed E-state index contributed by atoms with van der Waals surface area (Å²) in [5.74, 6) is -0.598. The van der Waals surface area contributed by atoms with Crippen LogP contribution in [0.2, 0.25) is 0 Å². The van der Waals surface area contributed by atoms with Gasteiger partial charge in [0.1, 0.15) is 17.2 Å². The van der Waals surface area contributed by atoms with E-state index in [0.29, 0.717) is 24.6 Å². The highest BCUT2D eigenvalue weighted by Gasteiger charge is 2.45. The number of carbonyl (C=O) groups excluding carboxylic acids is 1. The van der Waals surface area contributed by atoms with Gasteiger partial charge in [-0.2, -0.15) is 0 Å². The van der Waals surface area contributed by atoms with E-state index in [1.165, 1.54) is 25.0 Å². The van der Waals surface area contributed by atoms with Crippen LogP contribution in [0.5, 0.6) is 0 Å². The van der Waals surface area contributed by atoms with Crippen LogP contribution in [0.25, 0.3) is 6.08 Å². The minimum Gasteiger partial charge on any atom is -0.444 e. The second kappa shape index (κ2) is 9.46. The lowest BCUT2D eigenvalue weighted by atomic mass is 9.85. The number of carbonyl (C=O) groups is 1. The number of halogens is 2. The first-order chi connectivity index (χ1) is 14.1. The Hall–Kier alpha value is -1.95. The zero-order valence-corrected chi connectivity index (χ0v) is 18.5. The third-order valence-electron chi connectivity index (χ3n) is 5.95. The van der Waals surface area contributed by atoms with Crippen molar-refractivity contribution in [3.05, 3.63) is 41.0 Å². The van der Waals surface area contributed by atoms with Gasteiger partial charge >= 0.3 is 6.09 Å². The Labute approximate surface area is 178 Å². The number of fused-ring (bicyclic) bond motifs is 1. The van der Waals surface area contributed by atoms with Crippen molar-refractivity contribution >= 4 is 12.2 Å². The van der Waals surface area contributed by atoms with Crippen molar-refractivity contribution in [3.63, 3.8) is 0 Å². The molecule has 1 saturated heterocycles. The average molecular weight is 421 g/mol. The molecule has 1 aromatic rings. The minimum atomic E-state index is -0.578. The SMILES string of the molecule is C/C(=C\c1ccc(F)cc1F)CNC[C@@H]1C[C@@H]2CCCC[C@@H]2N1C(=O)OC(C)(C)C. The Morgan fingerprint density at radius 3 is 2.70 bits per heavy atom. The van der Waals surface area contributed by atoms with E-state index in [4.69, 9.17) is 4.74 Å². The number of nitrogens with one attached hydrogen (secondary N) is 1. The van der Waals surface area contributed by atoms with Gasteiger partial charge in [-0.1, -0.05) is 24.5 Å². The summed E-state index contributed by atoms with van der Waals surface area (Å²) in [6.07, 6.45) is 7.10. The van der Waals surface area contributed by atoms with E-state index in [1.807, 2.05) is 32.6 Å². The van der Waals surface area contributed by atoms with E-state index in [9.17, 15) is 13.6 Å². The highest BCUT2D eigenvalue weighted by molar-refractivity contribution is 5.69. The standard InChI is InChI=1S/C24H34F2N2O2/c1-16(11-17-9-10-19(25)13-21(17)26)14-27-15-20-12-18-7-5-6-8-22(18)28(20)23(29)30-24(2,3)4/h9-11,13,18,20,22,27H,5-8,12,14-15H2,1-4H3/b16-11+/t18-,20-,22-/m0/s1. The Bertz CT molecular complexity index is 788. The summed E-state index contributed by atoms with van der Waals surface area (Å²) >= 11 is 0. The fourth-order valence-corrected chi connectivity index (χ4v) is 4.71. The molecule has 1 aliphatic carbocycles. The topological polar surface area (TPSA) is 41.6 Å². The van der Waals surface area contributed by atoms with Gasteiger partial charge in [0.15, 0.2) is 0 Å². The first-order valence-corrected chi connectivity index (χ1v) is 11.0. The molecule has 6 heteroatoms. The van der Waals surface area contributed by atoms with Gasteiger partial charge < -0.3 is 15.0 Å². The molecule has 4 nitrogen and oxygen atoms in total. The molecule has 2 fully saturated rings. The second-order valence-corrected chi connectivity index (χ2v) is 9.68. The quantitative estimate of drug-likeness (QED) is 0.681. The fraction of sp³-hybridized carbons (Fsp3) is 0.625. The van der Waals surface area contributed by atoms with Crippen LogP contribution in [0.4, 0.5) is 13.6 Å². The highest BCUT2D eigenvalue weighted by atomic mass is 19.1. The normalized spacial score (nSPS) is 24.7. The van der Waals surface area contributed by atoms with E-state index in [-0.39, 0.29) is 18.2 Å². The van der Waals surface area contributed by atoms with Crippen LogP contribution in [-0.4, -0.2) is 41.8 Å². The van der Waals surface area contributed by atoms with Crippen LogP contribution >= 0.6 is 0 Å². The number of hydrogen-bond donors (Lipinski definition) is 1. The fourth-order valence-electron chi connectivity index (χ4n) is 4.71. The van der Waals surface area contributed by atoms with Gasteiger partial charge in [0.25, 0.3) is 0 Å². The first-order valence-electron chi connectivity index (χ1n) is 11.0. The monoisotopic (exact) mass is 420 g/mol. The van der Waals surface area contributed by atoms with Crippen LogP contribution in [0.15, 0.2) is 23.8 Å². The lowest BCUT2D eigenvalue weighted by Gasteiger charge is -2.35. The molecular weight excluding hydrogens is 386 g/mol. The van der Waals surface area contributed by atoms with E-state index in [0.717, 1.165) is 30.9 Å². The lowest BCUT2D eigenvalue weighted by molar-refractivity contribution is 0.0105. The van der Waals surface area contributed by atoms with Gasteiger partial charge in [-0.05, 0) is 65.0 Å². The molecule has 1 saturated carbocycles. The Morgan fingerprint density at radius 1 is 1.27 bits per heavy atom. The third kappa shape index (κ3) is 5.81. The summed E-state index contributed by atoms with van der Waals surface area (Å²) in [6.45, 7) is 8.85. The number of ether oxygens (including phenoxy) is 1. The van der Waals surface area contributed by atoms with Crippen LogP contribution in [-0.2, 0) is 4.74 Å². The number of benzene rings is 1. The molecule has 30 heavy (non-hydrogen) atoms. The van der Waals surface area contributed by atoms with Crippen LogP contribution in [0, 0.1) is 17.6 Å². The van der Waals surface area contributed by atoms with E-state index >= 15 is 0 Å². The smallest absolute Gasteiger partial charge is 0.410 e. The summed E-state index contributed by atoms with van der Waals surface area (Å²) in [4.78, 5) is 14.9. The number of rotatable bonds is 5. The van der Waals surface area contributed by atoms with Crippen molar-refractivity contribution < 1.29 is 18.3 Å². The maximum Gasteiger partial charge on any atom is 0.410 e. The number of nitrogens with zero attached hydrogens (tertiary/aromatic N) is 1. The summed E-state index contributed by atoms with van der Waals surface area (Å²) in [6, 6.07) is 3.97. The average Bonchev–Trinajstić information content (AvgIpc) is 3.01. The first kappa shape index (κ1) is 22.7. The second-order valence-electron chi connectivity index (χ2n) is 9.68. The largest absolute Gasteiger partial charge is 0.444 e. The van der Waals surface area contributed by atoms with E-state index < -0.39 is 17.2 Å². The van der Waals surface area contributed by atoms with E-state index in [1.54, 1.807) is 6.08 Å². The highest BCUT2D eigenvalue weighted by Crippen LogP contribution is 2.40. The molecule has 0 unspecified atom stereocenters. The van der Waals surface area contributed by atoms with Crippen molar-refractivity contribution in [2.75, 3.05) is 13.1 Å². The Kier molecular flexibility index (Phi) is 7.17. The number of amides is 1. The molecule has 1 amide bonds. The molecule has 1 heterocycles. The zero-order valence-electron chi connectivity index (χ0n) is 18.5. The molecule has 3 atom stereocenters. The number of hydrogen-bond acceptors (Lipinski definition) is 3. The Morgan fingerprint density at radius 2 is 2.00 bits per heavy atom. The van der Waals surface area contributed by atoms with Crippen LogP contribution in [0.1, 0.15) is 65.4 Å². The van der Waals surface area contributed by atoms with Gasteiger partial charge in [-0.3, -0.25) is 0 Å². The third-order valence-corrected chi connectivity index (χ3v) is 5.95. The predicted octanol–water partition coefficient (Wildman–Crippen LogP) is 5.53. The minimum absolute atomic E-state index is 0.100. The van der Waals surface area contributed by atoms with Gasteiger partial charge in [-0.15, -0.1) is 0 Å². The molecule has 2 aliphatic rings. The van der Waals surface area contributed by atoms with Crippen molar-refractivity contribution in [1.82, 2.24) is 10.2 Å². The molecule has 166 valence electrons. The van der Waals surface area contributed by atoms with Crippen molar-refractivity contribution in [3.8, 4) is 0 Å². The summed E-state index contributed by atoms with van der Waals surface area (Å²) in [5.41, 5.74) is 0.804. The molecule has 0 aromatic heterocycles. The molecule has 0 spiro atoms. The van der Waals surface area contributed by atoms with Crippen LogP contribution < -0.4 is 5.32 Å². The summed E-state index contributed by atoms with van der Waals surface area (Å²) in [7, 11) is 0. The molecule has 1 N–H and O–H groups in total. The molecule has 0 radical (unpaired) electrons. The van der Waals surface area contributed by atoms with Gasteiger partial charge in [-0.25, -0.2) is 13.6 Å². The molecule has 3 rings (SSSR count). The van der Waals surface area contributed by atoms with Gasteiger partial charge in [0.05, 0.1) is 0 Å². The van der Waals surface area contributed by atoms with Crippen LogP contribution in [0.3, 0.4) is 0 Å². The van der Waals surface area contributed by atoms with Crippen molar-refractivity contribution in [2.24, 2.45) is 5.92 Å².